The van der Waals surface area contributed by atoms with E-state index in [0.717, 1.165) is 10.7 Å². The molecule has 0 aliphatic rings. The summed E-state index contributed by atoms with van der Waals surface area (Å²) in [4.78, 5) is 5.20. The van der Waals surface area contributed by atoms with Crippen LogP contribution in [-0.2, 0) is 5.41 Å². The van der Waals surface area contributed by atoms with Crippen LogP contribution in [0.1, 0.15) is 26.3 Å². The third kappa shape index (κ3) is 3.89. The molecule has 0 fully saturated rings. The van der Waals surface area contributed by atoms with E-state index in [1.807, 2.05) is 0 Å². The molecule has 0 spiro atoms. The number of rotatable bonds is 3. The molecule has 1 aromatic heterocycles. The fourth-order valence-corrected chi connectivity index (χ4v) is 2.20. The lowest BCUT2D eigenvalue weighted by Crippen LogP contribution is -2.10. The zero-order valence-corrected chi connectivity index (χ0v) is 12.2. The van der Waals surface area contributed by atoms with Crippen molar-refractivity contribution in [1.29, 1.82) is 0 Å². The van der Waals surface area contributed by atoms with Gasteiger partial charge in [0.2, 0.25) is 0 Å². The van der Waals surface area contributed by atoms with Gasteiger partial charge in [-0.1, -0.05) is 32.9 Å². The zero-order valence-electron chi connectivity index (χ0n) is 11.3. The second-order valence-corrected chi connectivity index (χ2v) is 6.26. The Hall–Kier alpha value is -1.68. The summed E-state index contributed by atoms with van der Waals surface area (Å²) in [7, 11) is 0. The molecule has 0 aliphatic carbocycles. The third-order valence-electron chi connectivity index (χ3n) is 2.74. The van der Waals surface area contributed by atoms with E-state index in [9.17, 15) is 0 Å². The van der Waals surface area contributed by atoms with E-state index < -0.39 is 0 Å². The lowest BCUT2D eigenvalue weighted by Gasteiger charge is -2.19. The Kier molecular flexibility index (Phi) is 4.00. The minimum absolute atomic E-state index is 0.171. The lowest BCUT2D eigenvalue weighted by molar-refractivity contribution is 0.473. The quantitative estimate of drug-likeness (QED) is 0.823. The van der Waals surface area contributed by atoms with Crippen molar-refractivity contribution < 1.29 is 5.11 Å². The van der Waals surface area contributed by atoms with E-state index in [4.69, 9.17) is 5.11 Å². The van der Waals surface area contributed by atoms with Crippen molar-refractivity contribution >= 4 is 17.8 Å². The summed E-state index contributed by atoms with van der Waals surface area (Å²) in [5.74, 6) is 0.896. The van der Waals surface area contributed by atoms with Gasteiger partial charge in [0.05, 0.1) is 6.20 Å². The minimum Gasteiger partial charge on any atom is -0.506 e. The molecule has 0 aliphatic heterocycles. The van der Waals surface area contributed by atoms with E-state index in [2.05, 4.69) is 54.7 Å². The molecule has 19 heavy (non-hydrogen) atoms. The van der Waals surface area contributed by atoms with Crippen LogP contribution in [0.25, 0.3) is 0 Å². The Morgan fingerprint density at radius 1 is 1.05 bits per heavy atom. The highest BCUT2D eigenvalue weighted by Crippen LogP contribution is 2.26. The van der Waals surface area contributed by atoms with Gasteiger partial charge in [-0.25, -0.2) is 4.98 Å². The predicted molar refractivity (Wildman–Crippen MR) is 80.5 cm³/mol. The summed E-state index contributed by atoms with van der Waals surface area (Å²) >= 11 is 1.50. The topological polar surface area (TPSA) is 45.1 Å². The number of hydrogen-bond acceptors (Lipinski definition) is 4. The average Bonchev–Trinajstić information content (AvgIpc) is 2.37. The summed E-state index contributed by atoms with van der Waals surface area (Å²) in [5, 5.41) is 9.15. The highest BCUT2D eigenvalue weighted by Gasteiger charge is 2.12. The molecule has 2 aromatic rings. The predicted octanol–water partition coefficient (Wildman–Crippen LogP) is 4.20. The number of aromatic hydroxyl groups is 1. The van der Waals surface area contributed by atoms with Crippen molar-refractivity contribution in [3.63, 3.8) is 0 Å². The van der Waals surface area contributed by atoms with E-state index in [0.29, 0.717) is 0 Å². The molecule has 100 valence electrons. The molecular formula is C15H18N2OS. The first-order valence-electron chi connectivity index (χ1n) is 6.13. The largest absolute Gasteiger partial charge is 0.506 e. The molecule has 0 radical (unpaired) electrons. The number of nitrogens with one attached hydrogen (secondary N) is 1. The normalized spacial score (nSPS) is 11.3. The molecule has 0 amide bonds. The second-order valence-electron chi connectivity index (χ2n) is 5.38. The first-order valence-corrected chi connectivity index (χ1v) is 6.95. The van der Waals surface area contributed by atoms with E-state index >= 15 is 0 Å². The molecule has 2 rings (SSSR count). The van der Waals surface area contributed by atoms with Crippen molar-refractivity contribution in [2.45, 2.75) is 31.1 Å². The van der Waals surface area contributed by atoms with Crippen LogP contribution in [0.3, 0.4) is 0 Å². The van der Waals surface area contributed by atoms with Crippen LogP contribution in [-0.4, -0.2) is 10.1 Å². The summed E-state index contributed by atoms with van der Waals surface area (Å²) in [6.07, 6.45) is 1.42. The number of aromatic nitrogens is 1. The SMILES string of the molecule is CC(C)(C)c1ccc(SNc2ccc(O)cn2)cc1. The van der Waals surface area contributed by atoms with Gasteiger partial charge in [-0.3, -0.25) is 0 Å². The van der Waals surface area contributed by atoms with Crippen LogP contribution in [0.5, 0.6) is 5.75 Å². The van der Waals surface area contributed by atoms with Crippen molar-refractivity contribution in [2.75, 3.05) is 4.72 Å². The summed E-state index contributed by atoms with van der Waals surface area (Å²) < 4.78 is 3.14. The van der Waals surface area contributed by atoms with Gasteiger partial charge < -0.3 is 9.83 Å². The summed E-state index contributed by atoms with van der Waals surface area (Å²) in [6, 6.07) is 11.8. The highest BCUT2D eigenvalue weighted by atomic mass is 32.2. The number of nitrogens with zero attached hydrogens (tertiary/aromatic N) is 1. The van der Waals surface area contributed by atoms with Gasteiger partial charge in [-0.2, -0.15) is 0 Å². The Labute approximate surface area is 118 Å². The first kappa shape index (κ1) is 13.7. The molecule has 0 saturated carbocycles. The fourth-order valence-electron chi connectivity index (χ4n) is 1.58. The number of anilines is 1. The monoisotopic (exact) mass is 274 g/mol. The highest BCUT2D eigenvalue weighted by molar-refractivity contribution is 8.00. The van der Waals surface area contributed by atoms with Crippen LogP contribution in [0.15, 0.2) is 47.5 Å². The molecule has 0 unspecified atom stereocenters. The Bertz CT molecular complexity index is 530. The molecule has 0 saturated heterocycles. The molecule has 0 bridgehead atoms. The maximum Gasteiger partial charge on any atom is 0.136 e. The molecule has 1 aromatic carbocycles. The van der Waals surface area contributed by atoms with Gasteiger partial charge in [0.15, 0.2) is 0 Å². The van der Waals surface area contributed by atoms with E-state index in [1.54, 1.807) is 12.1 Å². The van der Waals surface area contributed by atoms with Crippen molar-refractivity contribution in [2.24, 2.45) is 0 Å². The first-order chi connectivity index (χ1) is 8.95. The van der Waals surface area contributed by atoms with Crippen LogP contribution in [0.2, 0.25) is 0 Å². The van der Waals surface area contributed by atoms with Crippen molar-refractivity contribution in [1.82, 2.24) is 4.98 Å². The van der Waals surface area contributed by atoms with Gasteiger partial charge in [-0.05, 0) is 47.2 Å². The van der Waals surface area contributed by atoms with Crippen LogP contribution in [0, 0.1) is 0 Å². The number of hydrogen-bond donors (Lipinski definition) is 2. The van der Waals surface area contributed by atoms with Gasteiger partial charge >= 0.3 is 0 Å². The standard InChI is InChI=1S/C15H18N2OS/c1-15(2,3)11-4-7-13(8-5-11)19-17-14-9-6-12(18)10-16-14/h4-10,18H,1-3H3,(H,16,17). The van der Waals surface area contributed by atoms with Crippen LogP contribution >= 0.6 is 11.9 Å². The minimum atomic E-state index is 0.171. The molecule has 3 nitrogen and oxygen atoms in total. The van der Waals surface area contributed by atoms with Crippen molar-refractivity contribution in [3.05, 3.63) is 48.2 Å². The lowest BCUT2D eigenvalue weighted by atomic mass is 9.87. The number of benzene rings is 1. The smallest absolute Gasteiger partial charge is 0.136 e. The van der Waals surface area contributed by atoms with Crippen LogP contribution in [0.4, 0.5) is 5.82 Å². The second kappa shape index (κ2) is 5.53. The Morgan fingerprint density at radius 3 is 2.26 bits per heavy atom. The maximum absolute atomic E-state index is 9.15. The van der Waals surface area contributed by atoms with Gasteiger partial charge in [0, 0.05) is 4.90 Å². The van der Waals surface area contributed by atoms with Crippen molar-refractivity contribution in [3.8, 4) is 5.75 Å². The van der Waals surface area contributed by atoms with Gasteiger partial charge in [0.1, 0.15) is 11.6 Å². The molecular weight excluding hydrogens is 256 g/mol. The summed E-state index contributed by atoms with van der Waals surface area (Å²) in [6.45, 7) is 6.61. The van der Waals surface area contributed by atoms with Gasteiger partial charge in [0.25, 0.3) is 0 Å². The van der Waals surface area contributed by atoms with E-state index in [1.165, 1.54) is 23.7 Å². The molecule has 2 N–H and O–H groups in total. The molecule has 0 atom stereocenters. The third-order valence-corrected chi connectivity index (χ3v) is 3.56. The molecule has 4 heteroatoms. The Morgan fingerprint density at radius 2 is 1.74 bits per heavy atom. The number of pyridine rings is 1. The fraction of sp³-hybridized carbons (Fsp3) is 0.267. The average molecular weight is 274 g/mol. The molecule has 1 heterocycles. The van der Waals surface area contributed by atoms with Gasteiger partial charge in [-0.15, -0.1) is 0 Å². The van der Waals surface area contributed by atoms with Crippen LogP contribution < -0.4 is 4.72 Å². The van der Waals surface area contributed by atoms with E-state index in [-0.39, 0.29) is 11.2 Å². The Balaban J connectivity index is 1.98. The maximum atomic E-state index is 9.15. The zero-order chi connectivity index (χ0) is 13.9. The summed E-state index contributed by atoms with van der Waals surface area (Å²) in [5.41, 5.74) is 1.49.